The Morgan fingerprint density at radius 3 is 2.61 bits per heavy atom. The molecule has 3 unspecified atom stereocenters. The van der Waals surface area contributed by atoms with Crippen LogP contribution in [0.2, 0.25) is 0 Å². The van der Waals surface area contributed by atoms with Crippen LogP contribution in [0.5, 0.6) is 0 Å². The zero-order chi connectivity index (χ0) is 13.3. The largest absolute Gasteiger partial charge is 0.481 e. The van der Waals surface area contributed by atoms with Crippen molar-refractivity contribution in [3.63, 3.8) is 0 Å². The quantitative estimate of drug-likeness (QED) is 0.798. The van der Waals surface area contributed by atoms with Crippen LogP contribution in [0.4, 0.5) is 0 Å². The van der Waals surface area contributed by atoms with Gasteiger partial charge in [0.2, 0.25) is 10.0 Å². The molecular weight excluding hydrogens is 258 g/mol. The molecule has 18 heavy (non-hydrogen) atoms. The molecule has 2 aliphatic rings. The van der Waals surface area contributed by atoms with Crippen LogP contribution in [-0.2, 0) is 19.6 Å². The van der Waals surface area contributed by atoms with Crippen LogP contribution < -0.4 is 0 Å². The molecule has 0 radical (unpaired) electrons. The molecule has 1 N–H and O–H groups in total. The van der Waals surface area contributed by atoms with Gasteiger partial charge < -0.3 is 9.84 Å². The number of methoxy groups -OCH3 is 1. The van der Waals surface area contributed by atoms with Crippen LogP contribution in [0.1, 0.15) is 25.7 Å². The fraction of sp³-hybridized carbons (Fsp3) is 0.909. The van der Waals surface area contributed by atoms with Crippen LogP contribution in [-0.4, -0.2) is 55.4 Å². The van der Waals surface area contributed by atoms with Gasteiger partial charge in [0.1, 0.15) is 5.25 Å². The first-order chi connectivity index (χ1) is 8.46. The molecule has 3 atom stereocenters. The maximum absolute atomic E-state index is 12.4. The third-order valence-electron chi connectivity index (χ3n) is 3.94. The predicted octanol–water partition coefficient (Wildman–Crippen LogP) is 0.290. The Balaban J connectivity index is 2.10. The Morgan fingerprint density at radius 2 is 2.06 bits per heavy atom. The minimum Gasteiger partial charge on any atom is -0.481 e. The summed E-state index contributed by atoms with van der Waals surface area (Å²) in [6, 6.07) is 0. The molecule has 2 rings (SSSR count). The summed E-state index contributed by atoms with van der Waals surface area (Å²) in [6.07, 6.45) is 2.36. The number of carbonyl (C=O) groups is 1. The fourth-order valence-electron chi connectivity index (χ4n) is 2.85. The fourth-order valence-corrected chi connectivity index (χ4v) is 5.08. The molecule has 2 fully saturated rings. The minimum atomic E-state index is -3.42. The summed E-state index contributed by atoms with van der Waals surface area (Å²) in [4.78, 5) is 10.9. The predicted molar refractivity (Wildman–Crippen MR) is 64.7 cm³/mol. The van der Waals surface area contributed by atoms with Gasteiger partial charge in [-0.2, -0.15) is 0 Å². The molecule has 0 amide bonds. The van der Waals surface area contributed by atoms with Crippen molar-refractivity contribution in [1.29, 1.82) is 0 Å². The van der Waals surface area contributed by atoms with E-state index in [1.807, 2.05) is 0 Å². The maximum atomic E-state index is 12.4. The van der Waals surface area contributed by atoms with Gasteiger partial charge in [-0.05, 0) is 25.7 Å². The molecule has 0 spiro atoms. The molecular formula is C11H19NO5S. The lowest BCUT2D eigenvalue weighted by atomic mass is 10.1. The highest BCUT2D eigenvalue weighted by atomic mass is 32.2. The number of rotatable bonds is 4. The number of hydrogen-bond acceptors (Lipinski definition) is 4. The monoisotopic (exact) mass is 277 g/mol. The molecule has 0 aromatic rings. The van der Waals surface area contributed by atoms with E-state index < -0.39 is 27.2 Å². The topological polar surface area (TPSA) is 83.9 Å². The molecule has 7 heteroatoms. The van der Waals surface area contributed by atoms with Crippen molar-refractivity contribution in [1.82, 2.24) is 4.31 Å². The van der Waals surface area contributed by atoms with Crippen LogP contribution in [0, 0.1) is 5.92 Å². The highest BCUT2D eigenvalue weighted by Crippen LogP contribution is 2.32. The SMILES string of the molecule is COC1CCCC1S(=O)(=O)N1CCC(C(=O)O)C1. The first kappa shape index (κ1) is 13.8. The Kier molecular flexibility index (Phi) is 3.93. The number of aliphatic carboxylic acids is 1. The zero-order valence-corrected chi connectivity index (χ0v) is 11.2. The highest BCUT2D eigenvalue weighted by molar-refractivity contribution is 7.89. The molecule has 1 heterocycles. The summed E-state index contributed by atoms with van der Waals surface area (Å²) in [5.74, 6) is -1.48. The summed E-state index contributed by atoms with van der Waals surface area (Å²) in [7, 11) is -1.89. The second kappa shape index (κ2) is 5.14. The van der Waals surface area contributed by atoms with Crippen LogP contribution in [0.15, 0.2) is 0 Å². The highest BCUT2D eigenvalue weighted by Gasteiger charge is 2.44. The van der Waals surface area contributed by atoms with E-state index in [1.54, 1.807) is 0 Å². The number of carboxylic acids is 1. The van der Waals surface area contributed by atoms with E-state index in [1.165, 1.54) is 11.4 Å². The van der Waals surface area contributed by atoms with E-state index in [0.29, 0.717) is 19.4 Å². The van der Waals surface area contributed by atoms with Crippen molar-refractivity contribution in [2.75, 3.05) is 20.2 Å². The Bertz CT molecular complexity index is 421. The van der Waals surface area contributed by atoms with Crippen molar-refractivity contribution in [3.8, 4) is 0 Å². The third-order valence-corrected chi connectivity index (χ3v) is 6.29. The Morgan fingerprint density at radius 1 is 1.33 bits per heavy atom. The van der Waals surface area contributed by atoms with E-state index in [9.17, 15) is 13.2 Å². The lowest BCUT2D eigenvalue weighted by Crippen LogP contribution is -2.41. The van der Waals surface area contributed by atoms with Crippen molar-refractivity contribution in [2.45, 2.75) is 37.0 Å². The number of ether oxygens (including phenoxy) is 1. The third kappa shape index (κ3) is 2.39. The average Bonchev–Trinajstić information content (AvgIpc) is 2.98. The lowest BCUT2D eigenvalue weighted by Gasteiger charge is -2.24. The van der Waals surface area contributed by atoms with Gasteiger partial charge in [-0.25, -0.2) is 12.7 Å². The molecule has 1 aliphatic heterocycles. The molecule has 1 saturated carbocycles. The maximum Gasteiger partial charge on any atom is 0.307 e. The van der Waals surface area contributed by atoms with Gasteiger partial charge in [-0.3, -0.25) is 4.79 Å². The van der Waals surface area contributed by atoms with Crippen molar-refractivity contribution in [2.24, 2.45) is 5.92 Å². The van der Waals surface area contributed by atoms with Gasteiger partial charge in [-0.1, -0.05) is 0 Å². The van der Waals surface area contributed by atoms with Gasteiger partial charge in [0.05, 0.1) is 12.0 Å². The number of hydrogen-bond donors (Lipinski definition) is 1. The van der Waals surface area contributed by atoms with Crippen molar-refractivity contribution >= 4 is 16.0 Å². The summed E-state index contributed by atoms with van der Waals surface area (Å²) in [6.45, 7) is 0.414. The standard InChI is InChI=1S/C11H19NO5S/c1-17-9-3-2-4-10(9)18(15,16)12-6-5-8(7-12)11(13)14/h8-10H,2-7H2,1H3,(H,13,14). The van der Waals surface area contributed by atoms with Gasteiger partial charge >= 0.3 is 5.97 Å². The first-order valence-electron chi connectivity index (χ1n) is 6.21. The second-order valence-corrected chi connectivity index (χ2v) is 7.12. The normalized spacial score (nSPS) is 33.9. The van der Waals surface area contributed by atoms with E-state index in [2.05, 4.69) is 0 Å². The van der Waals surface area contributed by atoms with Crippen LogP contribution >= 0.6 is 0 Å². The zero-order valence-electron chi connectivity index (χ0n) is 10.4. The van der Waals surface area contributed by atoms with E-state index in [-0.39, 0.29) is 12.6 Å². The lowest BCUT2D eigenvalue weighted by molar-refractivity contribution is -0.141. The number of carboxylic acid groups (broad SMARTS) is 1. The van der Waals surface area contributed by atoms with E-state index >= 15 is 0 Å². The summed E-state index contributed by atoms with van der Waals surface area (Å²) in [5.41, 5.74) is 0. The Hall–Kier alpha value is -0.660. The summed E-state index contributed by atoms with van der Waals surface area (Å²) >= 11 is 0. The second-order valence-electron chi connectivity index (χ2n) is 4.97. The summed E-state index contributed by atoms with van der Waals surface area (Å²) in [5, 5.41) is 8.41. The average molecular weight is 277 g/mol. The molecule has 0 aromatic heterocycles. The van der Waals surface area contributed by atoms with Gasteiger partial charge in [-0.15, -0.1) is 0 Å². The molecule has 1 saturated heterocycles. The molecule has 1 aliphatic carbocycles. The van der Waals surface area contributed by atoms with Gasteiger partial charge in [0.25, 0.3) is 0 Å². The molecule has 0 aromatic carbocycles. The molecule has 104 valence electrons. The molecule has 6 nitrogen and oxygen atoms in total. The molecule has 0 bridgehead atoms. The van der Waals surface area contributed by atoms with Crippen LogP contribution in [0.3, 0.4) is 0 Å². The number of sulfonamides is 1. The minimum absolute atomic E-state index is 0.102. The van der Waals surface area contributed by atoms with Crippen molar-refractivity contribution < 1.29 is 23.1 Å². The smallest absolute Gasteiger partial charge is 0.307 e. The van der Waals surface area contributed by atoms with Crippen LogP contribution in [0.25, 0.3) is 0 Å². The van der Waals surface area contributed by atoms with E-state index in [4.69, 9.17) is 9.84 Å². The van der Waals surface area contributed by atoms with Gasteiger partial charge in [0, 0.05) is 20.2 Å². The Labute approximate surface area is 107 Å². The summed E-state index contributed by atoms with van der Waals surface area (Å²) < 4.78 is 31.4. The first-order valence-corrected chi connectivity index (χ1v) is 7.71. The number of nitrogens with zero attached hydrogens (tertiary/aromatic N) is 1. The van der Waals surface area contributed by atoms with Gasteiger partial charge in [0.15, 0.2) is 0 Å². The van der Waals surface area contributed by atoms with E-state index in [0.717, 1.165) is 12.8 Å². The van der Waals surface area contributed by atoms with Crippen molar-refractivity contribution in [3.05, 3.63) is 0 Å².